The molecular weight excluding hydrogens is 481 g/mol. The highest BCUT2D eigenvalue weighted by Gasteiger charge is 2.20. The number of hydrogen-bond donors (Lipinski definition) is 1. The Labute approximate surface area is 206 Å². The lowest BCUT2D eigenvalue weighted by Gasteiger charge is -2.30. The van der Waals surface area contributed by atoms with Gasteiger partial charge < -0.3 is 23.7 Å². The molecule has 0 aliphatic carbocycles. The fourth-order valence-electron chi connectivity index (χ4n) is 3.62. The summed E-state index contributed by atoms with van der Waals surface area (Å²) < 4.78 is 16.8. The normalized spacial score (nSPS) is 16.9. The SMILES string of the molecule is Clc1ccc(-c2ccc(C=NNc3nc(N4CCOCC4)nc(N4CCOCC4)n3)o2)c(Cl)c1. The van der Waals surface area contributed by atoms with E-state index in [-0.39, 0.29) is 0 Å². The molecular formula is C22H23Cl2N7O3. The fourth-order valence-corrected chi connectivity index (χ4v) is 4.12. The predicted molar refractivity (Wildman–Crippen MR) is 131 cm³/mol. The standard InChI is InChI=1S/C22H23Cl2N7O3/c23-15-1-3-17(18(24)13-15)19-4-2-16(34-19)14-25-29-20-26-21(30-5-9-32-10-6-30)28-22(27-20)31-7-11-33-12-8-31/h1-4,13-14H,5-12H2,(H,26,27,28,29). The minimum atomic E-state index is 0.349. The molecule has 34 heavy (non-hydrogen) atoms. The van der Waals surface area contributed by atoms with Crippen molar-refractivity contribution >= 4 is 47.3 Å². The second-order valence-electron chi connectivity index (χ2n) is 7.65. The van der Waals surface area contributed by atoms with E-state index in [9.17, 15) is 0 Å². The summed E-state index contributed by atoms with van der Waals surface area (Å²) in [5, 5.41) is 5.35. The summed E-state index contributed by atoms with van der Waals surface area (Å²) in [5.41, 5.74) is 3.66. The van der Waals surface area contributed by atoms with Gasteiger partial charge in [-0.25, -0.2) is 5.43 Å². The highest BCUT2D eigenvalue weighted by molar-refractivity contribution is 6.36. The summed E-state index contributed by atoms with van der Waals surface area (Å²) in [7, 11) is 0. The zero-order valence-corrected chi connectivity index (χ0v) is 19.8. The Morgan fingerprint density at radius 3 is 2.12 bits per heavy atom. The molecule has 2 aromatic heterocycles. The van der Waals surface area contributed by atoms with Gasteiger partial charge in [-0.1, -0.05) is 23.2 Å². The highest BCUT2D eigenvalue weighted by atomic mass is 35.5. The van der Waals surface area contributed by atoms with Crippen LogP contribution in [0.25, 0.3) is 11.3 Å². The number of anilines is 3. The largest absolute Gasteiger partial charge is 0.455 e. The molecule has 4 heterocycles. The van der Waals surface area contributed by atoms with Gasteiger partial charge in [0.15, 0.2) is 0 Å². The van der Waals surface area contributed by atoms with Gasteiger partial charge in [0.2, 0.25) is 17.8 Å². The number of ether oxygens (including phenoxy) is 2. The Bertz CT molecular complexity index is 1120. The van der Waals surface area contributed by atoms with Gasteiger partial charge in [-0.15, -0.1) is 0 Å². The third-order valence-electron chi connectivity index (χ3n) is 5.38. The van der Waals surface area contributed by atoms with Crippen LogP contribution in [0, 0.1) is 0 Å². The van der Waals surface area contributed by atoms with E-state index in [4.69, 9.17) is 37.1 Å². The van der Waals surface area contributed by atoms with Crippen LogP contribution in [0.4, 0.5) is 17.8 Å². The fraction of sp³-hybridized carbons (Fsp3) is 0.364. The van der Waals surface area contributed by atoms with Crippen LogP contribution in [0.5, 0.6) is 0 Å². The van der Waals surface area contributed by atoms with Crippen LogP contribution in [-0.2, 0) is 9.47 Å². The van der Waals surface area contributed by atoms with Crippen molar-refractivity contribution in [2.24, 2.45) is 5.10 Å². The van der Waals surface area contributed by atoms with Crippen molar-refractivity contribution in [3.05, 3.63) is 46.1 Å². The Morgan fingerprint density at radius 2 is 1.50 bits per heavy atom. The van der Waals surface area contributed by atoms with Crippen molar-refractivity contribution in [3.63, 3.8) is 0 Å². The number of furan rings is 1. The third-order valence-corrected chi connectivity index (χ3v) is 5.93. The minimum absolute atomic E-state index is 0.349. The molecule has 2 saturated heterocycles. The van der Waals surface area contributed by atoms with Crippen molar-refractivity contribution in [2.75, 3.05) is 67.8 Å². The second kappa shape index (κ2) is 10.6. The van der Waals surface area contributed by atoms with E-state index in [1.807, 2.05) is 12.1 Å². The van der Waals surface area contributed by atoms with Crippen LogP contribution in [0.2, 0.25) is 10.0 Å². The molecule has 0 radical (unpaired) electrons. The summed E-state index contributed by atoms with van der Waals surface area (Å²) in [5.74, 6) is 2.70. The van der Waals surface area contributed by atoms with E-state index in [1.165, 1.54) is 0 Å². The van der Waals surface area contributed by atoms with E-state index < -0.39 is 0 Å². The lowest BCUT2D eigenvalue weighted by molar-refractivity contribution is 0.121. The molecule has 2 aliphatic rings. The molecule has 1 aromatic carbocycles. The van der Waals surface area contributed by atoms with Gasteiger partial charge in [-0.2, -0.15) is 20.1 Å². The molecule has 0 saturated carbocycles. The van der Waals surface area contributed by atoms with Crippen molar-refractivity contribution in [1.82, 2.24) is 15.0 Å². The topological polar surface area (TPSA) is 101 Å². The number of aromatic nitrogens is 3. The summed E-state index contributed by atoms with van der Waals surface area (Å²) >= 11 is 12.3. The number of rotatable bonds is 6. The Morgan fingerprint density at radius 1 is 0.853 bits per heavy atom. The van der Waals surface area contributed by atoms with E-state index in [0.29, 0.717) is 65.8 Å². The predicted octanol–water partition coefficient (Wildman–Crippen LogP) is 3.56. The number of nitrogens with one attached hydrogen (secondary N) is 1. The number of nitrogens with zero attached hydrogens (tertiary/aromatic N) is 6. The molecule has 0 unspecified atom stereocenters. The van der Waals surface area contributed by atoms with Gasteiger partial charge >= 0.3 is 0 Å². The van der Waals surface area contributed by atoms with Gasteiger partial charge in [0, 0.05) is 36.8 Å². The summed E-state index contributed by atoms with van der Waals surface area (Å²) in [6.07, 6.45) is 1.56. The van der Waals surface area contributed by atoms with Gasteiger partial charge in [0.1, 0.15) is 11.5 Å². The lowest BCUT2D eigenvalue weighted by atomic mass is 10.2. The van der Waals surface area contributed by atoms with Gasteiger partial charge in [0.25, 0.3) is 0 Å². The monoisotopic (exact) mass is 503 g/mol. The zero-order valence-electron chi connectivity index (χ0n) is 18.3. The number of hydrogen-bond acceptors (Lipinski definition) is 10. The Kier molecular flexibility index (Phi) is 7.10. The van der Waals surface area contributed by atoms with Gasteiger partial charge in [0.05, 0.1) is 37.7 Å². The van der Waals surface area contributed by atoms with E-state index in [0.717, 1.165) is 31.7 Å². The number of benzene rings is 1. The number of hydrazone groups is 1. The first-order valence-corrected chi connectivity index (χ1v) is 11.7. The quantitative estimate of drug-likeness (QED) is 0.399. The molecule has 0 spiro atoms. The first-order chi connectivity index (χ1) is 16.7. The Hall–Kier alpha value is -2.92. The Balaban J connectivity index is 1.33. The van der Waals surface area contributed by atoms with Crippen molar-refractivity contribution in [3.8, 4) is 11.3 Å². The lowest BCUT2D eigenvalue weighted by Crippen LogP contribution is -2.40. The van der Waals surface area contributed by atoms with Crippen LogP contribution in [0.3, 0.4) is 0 Å². The molecule has 3 aromatic rings. The van der Waals surface area contributed by atoms with Crippen molar-refractivity contribution in [1.29, 1.82) is 0 Å². The van der Waals surface area contributed by atoms with Crippen molar-refractivity contribution in [2.45, 2.75) is 0 Å². The minimum Gasteiger partial charge on any atom is -0.455 e. The van der Waals surface area contributed by atoms with Crippen LogP contribution >= 0.6 is 23.2 Å². The third kappa shape index (κ3) is 5.41. The molecule has 5 rings (SSSR count). The van der Waals surface area contributed by atoms with E-state index in [1.54, 1.807) is 24.4 Å². The van der Waals surface area contributed by atoms with Crippen molar-refractivity contribution < 1.29 is 13.9 Å². The van der Waals surface area contributed by atoms with Crippen LogP contribution < -0.4 is 15.2 Å². The maximum Gasteiger partial charge on any atom is 0.250 e. The number of morpholine rings is 2. The smallest absolute Gasteiger partial charge is 0.250 e. The molecule has 10 nitrogen and oxygen atoms in total. The van der Waals surface area contributed by atoms with Crippen LogP contribution in [0.15, 0.2) is 39.9 Å². The van der Waals surface area contributed by atoms with Gasteiger partial charge in [-0.05, 0) is 30.3 Å². The van der Waals surface area contributed by atoms with Gasteiger partial charge in [-0.3, -0.25) is 0 Å². The highest BCUT2D eigenvalue weighted by Crippen LogP contribution is 2.31. The van der Waals surface area contributed by atoms with Crippen LogP contribution in [-0.4, -0.2) is 73.8 Å². The van der Waals surface area contributed by atoms with E-state index in [2.05, 4.69) is 35.3 Å². The van der Waals surface area contributed by atoms with E-state index >= 15 is 0 Å². The number of halogens is 2. The summed E-state index contributed by atoms with van der Waals surface area (Å²) in [4.78, 5) is 18.0. The molecule has 2 aliphatic heterocycles. The summed E-state index contributed by atoms with van der Waals surface area (Å²) in [6.45, 7) is 5.43. The zero-order chi connectivity index (χ0) is 23.3. The molecule has 0 amide bonds. The maximum absolute atomic E-state index is 6.28. The average Bonchev–Trinajstić information content (AvgIpc) is 3.33. The summed E-state index contributed by atoms with van der Waals surface area (Å²) in [6, 6.07) is 8.88. The molecule has 0 bridgehead atoms. The molecule has 178 valence electrons. The first kappa shape index (κ1) is 22.9. The molecule has 2 fully saturated rings. The molecule has 12 heteroatoms. The molecule has 1 N–H and O–H groups in total. The molecule has 0 atom stereocenters. The second-order valence-corrected chi connectivity index (χ2v) is 8.50. The average molecular weight is 504 g/mol. The van der Waals surface area contributed by atoms with Crippen LogP contribution in [0.1, 0.15) is 5.76 Å². The first-order valence-electron chi connectivity index (χ1n) is 10.9. The maximum atomic E-state index is 6.28.